The Morgan fingerprint density at radius 1 is 0.826 bits per heavy atom. The van der Waals surface area contributed by atoms with E-state index in [1.165, 1.54) is 7.11 Å². The van der Waals surface area contributed by atoms with Gasteiger partial charge in [-0.1, -0.05) is 60.7 Å². The third kappa shape index (κ3) is 2.80. The van der Waals surface area contributed by atoms with Crippen molar-refractivity contribution in [1.29, 1.82) is 0 Å². The molecule has 4 nitrogen and oxygen atoms in total. The third-order valence-corrected chi connectivity index (χ3v) is 4.25. The summed E-state index contributed by atoms with van der Waals surface area (Å²) in [7, 11) is 1.17. The highest BCUT2D eigenvalue weighted by atomic mass is 16.5. The zero-order valence-corrected chi connectivity index (χ0v) is 12.6. The second kappa shape index (κ2) is 6.16. The summed E-state index contributed by atoms with van der Waals surface area (Å²) in [6, 6.07) is 18.2. The largest absolute Gasteiger partial charge is 0.463 e. The van der Waals surface area contributed by atoms with Crippen molar-refractivity contribution in [2.75, 3.05) is 7.11 Å². The molecule has 0 aromatic heterocycles. The number of ether oxygens (including phenoxy) is 1. The molecule has 3 unspecified atom stereocenters. The lowest BCUT2D eigenvalue weighted by Crippen LogP contribution is -2.20. The van der Waals surface area contributed by atoms with Gasteiger partial charge in [0.1, 0.15) is 0 Å². The Labute approximate surface area is 134 Å². The van der Waals surface area contributed by atoms with E-state index in [0.717, 1.165) is 5.56 Å². The number of hydrogen-bond donors (Lipinski definition) is 0. The third-order valence-electron chi connectivity index (χ3n) is 4.25. The topological polar surface area (TPSA) is 60.4 Å². The first-order chi connectivity index (χ1) is 11.1. The van der Waals surface area contributed by atoms with Crippen LogP contribution in [0, 0.1) is 11.8 Å². The van der Waals surface area contributed by atoms with Crippen LogP contribution in [0.3, 0.4) is 0 Å². The molecule has 0 amide bonds. The number of esters is 1. The summed E-state index contributed by atoms with van der Waals surface area (Å²) in [4.78, 5) is 36.5. The molecule has 3 atom stereocenters. The molecule has 0 spiro atoms. The molecule has 4 heteroatoms. The zero-order valence-electron chi connectivity index (χ0n) is 12.6. The van der Waals surface area contributed by atoms with E-state index in [1.54, 1.807) is 24.3 Å². The maximum Gasteiger partial charge on any atom is 0.374 e. The monoisotopic (exact) mass is 308 g/mol. The minimum atomic E-state index is -0.890. The van der Waals surface area contributed by atoms with Crippen LogP contribution in [0.15, 0.2) is 60.7 Å². The SMILES string of the molecule is COC(=O)C(=O)C1C(C(=O)c2ccccc2)C1c1ccccc1. The summed E-state index contributed by atoms with van der Waals surface area (Å²) in [5, 5.41) is 0. The number of ketones is 2. The van der Waals surface area contributed by atoms with Gasteiger partial charge in [-0.25, -0.2) is 4.79 Å². The highest BCUT2D eigenvalue weighted by Gasteiger charge is 2.60. The first-order valence-electron chi connectivity index (χ1n) is 7.41. The average Bonchev–Trinajstić information content (AvgIpc) is 3.36. The van der Waals surface area contributed by atoms with E-state index in [4.69, 9.17) is 0 Å². The smallest absolute Gasteiger partial charge is 0.374 e. The molecule has 0 bridgehead atoms. The average molecular weight is 308 g/mol. The molecule has 3 rings (SSSR count). The van der Waals surface area contributed by atoms with Crippen LogP contribution in [0.4, 0.5) is 0 Å². The van der Waals surface area contributed by atoms with Crippen LogP contribution in [-0.2, 0) is 14.3 Å². The fraction of sp³-hybridized carbons (Fsp3) is 0.211. The molecule has 0 saturated heterocycles. The van der Waals surface area contributed by atoms with Crippen molar-refractivity contribution in [2.24, 2.45) is 11.8 Å². The number of rotatable bonds is 5. The quantitative estimate of drug-likeness (QED) is 0.484. The van der Waals surface area contributed by atoms with Gasteiger partial charge in [-0.15, -0.1) is 0 Å². The molecule has 1 aliphatic rings. The highest BCUT2D eigenvalue weighted by molar-refractivity contribution is 6.36. The first kappa shape index (κ1) is 15.2. The summed E-state index contributed by atoms with van der Waals surface area (Å²) in [5.74, 6) is -3.05. The predicted molar refractivity (Wildman–Crippen MR) is 84.0 cm³/mol. The Kier molecular flexibility index (Phi) is 4.06. The number of hydrogen-bond acceptors (Lipinski definition) is 4. The number of benzene rings is 2. The van der Waals surface area contributed by atoms with Crippen molar-refractivity contribution in [1.82, 2.24) is 0 Å². The van der Waals surface area contributed by atoms with Crippen molar-refractivity contribution in [3.8, 4) is 0 Å². The molecule has 0 radical (unpaired) electrons. The number of carbonyl (C=O) groups is 3. The zero-order chi connectivity index (χ0) is 16.4. The summed E-state index contributed by atoms with van der Waals surface area (Å²) < 4.78 is 4.53. The van der Waals surface area contributed by atoms with Crippen LogP contribution in [0.1, 0.15) is 21.8 Å². The van der Waals surface area contributed by atoms with Gasteiger partial charge in [0.05, 0.1) is 7.11 Å². The number of carbonyl (C=O) groups excluding carboxylic acids is 3. The second-order valence-corrected chi connectivity index (χ2v) is 5.57. The van der Waals surface area contributed by atoms with Crippen molar-refractivity contribution >= 4 is 17.5 Å². The molecule has 1 saturated carbocycles. The molecule has 0 N–H and O–H groups in total. The standard InChI is InChI=1S/C19H16O4/c1-23-19(22)18(21)16-14(12-8-4-2-5-9-12)15(16)17(20)13-10-6-3-7-11-13/h2-11,14-16H,1H3. The van der Waals surface area contributed by atoms with E-state index in [-0.39, 0.29) is 11.7 Å². The van der Waals surface area contributed by atoms with Gasteiger partial charge < -0.3 is 4.74 Å². The van der Waals surface area contributed by atoms with E-state index in [9.17, 15) is 14.4 Å². The second-order valence-electron chi connectivity index (χ2n) is 5.57. The van der Waals surface area contributed by atoms with Crippen LogP contribution >= 0.6 is 0 Å². The van der Waals surface area contributed by atoms with Gasteiger partial charge in [0.15, 0.2) is 5.78 Å². The summed E-state index contributed by atoms with van der Waals surface area (Å²) in [5.41, 5.74) is 1.45. The Bertz CT molecular complexity index is 736. The normalized spacial score (nSPS) is 22.2. The summed E-state index contributed by atoms with van der Waals surface area (Å²) in [6.45, 7) is 0. The predicted octanol–water partition coefficient (Wildman–Crippen LogP) is 2.64. The minimum Gasteiger partial charge on any atom is -0.463 e. The lowest BCUT2D eigenvalue weighted by atomic mass is 10.0. The van der Waals surface area contributed by atoms with E-state index < -0.39 is 23.6 Å². The maximum absolute atomic E-state index is 12.7. The minimum absolute atomic E-state index is 0.110. The highest BCUT2D eigenvalue weighted by Crippen LogP contribution is 2.56. The molecule has 1 aliphatic carbocycles. The van der Waals surface area contributed by atoms with Crippen molar-refractivity contribution < 1.29 is 19.1 Å². The van der Waals surface area contributed by atoms with Gasteiger partial charge in [-0.05, 0) is 5.56 Å². The van der Waals surface area contributed by atoms with Crippen molar-refractivity contribution in [2.45, 2.75) is 5.92 Å². The Morgan fingerprint density at radius 2 is 1.39 bits per heavy atom. The fourth-order valence-corrected chi connectivity index (χ4v) is 3.08. The van der Waals surface area contributed by atoms with Crippen molar-refractivity contribution in [3.63, 3.8) is 0 Å². The van der Waals surface area contributed by atoms with E-state index in [0.29, 0.717) is 5.56 Å². The molecule has 0 heterocycles. The van der Waals surface area contributed by atoms with E-state index in [2.05, 4.69) is 4.74 Å². The van der Waals surface area contributed by atoms with Gasteiger partial charge in [0, 0.05) is 23.3 Å². The van der Waals surface area contributed by atoms with Gasteiger partial charge in [0.25, 0.3) is 0 Å². The number of methoxy groups -OCH3 is 1. The Hall–Kier alpha value is -2.75. The molecule has 1 fully saturated rings. The number of Topliss-reactive ketones (excluding diaryl/α,β-unsaturated/α-hetero) is 2. The van der Waals surface area contributed by atoms with Gasteiger partial charge >= 0.3 is 5.97 Å². The molecule has 0 aliphatic heterocycles. The van der Waals surface area contributed by atoms with Crippen LogP contribution in [0.5, 0.6) is 0 Å². The van der Waals surface area contributed by atoms with E-state index >= 15 is 0 Å². The molecular weight excluding hydrogens is 292 g/mol. The van der Waals surface area contributed by atoms with E-state index in [1.807, 2.05) is 36.4 Å². The summed E-state index contributed by atoms with van der Waals surface area (Å²) >= 11 is 0. The molecular formula is C19H16O4. The van der Waals surface area contributed by atoms with Gasteiger partial charge in [-0.2, -0.15) is 0 Å². The van der Waals surface area contributed by atoms with Crippen LogP contribution in [0.2, 0.25) is 0 Å². The first-order valence-corrected chi connectivity index (χ1v) is 7.41. The Balaban J connectivity index is 1.92. The van der Waals surface area contributed by atoms with Gasteiger partial charge in [-0.3, -0.25) is 9.59 Å². The van der Waals surface area contributed by atoms with Crippen LogP contribution in [0.25, 0.3) is 0 Å². The summed E-state index contributed by atoms with van der Waals surface area (Å²) in [6.07, 6.45) is 0. The fourth-order valence-electron chi connectivity index (χ4n) is 3.08. The molecule has 2 aromatic carbocycles. The molecule has 23 heavy (non-hydrogen) atoms. The lowest BCUT2D eigenvalue weighted by molar-refractivity contribution is -0.152. The lowest BCUT2D eigenvalue weighted by Gasteiger charge is -2.00. The van der Waals surface area contributed by atoms with Crippen molar-refractivity contribution in [3.05, 3.63) is 71.8 Å². The van der Waals surface area contributed by atoms with Crippen LogP contribution in [-0.4, -0.2) is 24.6 Å². The van der Waals surface area contributed by atoms with Crippen LogP contribution < -0.4 is 0 Å². The Morgan fingerprint density at radius 3 is 1.96 bits per heavy atom. The molecule has 2 aromatic rings. The van der Waals surface area contributed by atoms with Gasteiger partial charge in [0.2, 0.25) is 5.78 Å². The molecule has 116 valence electrons. The maximum atomic E-state index is 12.7.